The van der Waals surface area contributed by atoms with Crippen LogP contribution in [-0.2, 0) is 18.3 Å². The van der Waals surface area contributed by atoms with Gasteiger partial charge in [-0.2, -0.15) is 5.26 Å². The Kier molecular flexibility index (Phi) is 3.47. The second-order valence-electron chi connectivity index (χ2n) is 5.35. The molecule has 0 aromatic carbocycles. The summed E-state index contributed by atoms with van der Waals surface area (Å²) in [4.78, 5) is 0. The van der Waals surface area contributed by atoms with Crippen LogP contribution in [0.15, 0.2) is 6.07 Å². The number of nitriles is 1. The van der Waals surface area contributed by atoms with Crippen molar-refractivity contribution in [3.8, 4) is 6.07 Å². The van der Waals surface area contributed by atoms with Crippen LogP contribution in [0.25, 0.3) is 0 Å². The summed E-state index contributed by atoms with van der Waals surface area (Å²) >= 11 is 0. The number of hydrogen-bond acceptors (Lipinski definition) is 3. The molecule has 1 aromatic rings. The van der Waals surface area contributed by atoms with Gasteiger partial charge in [0.1, 0.15) is 11.8 Å². The van der Waals surface area contributed by atoms with Crippen LogP contribution in [0.3, 0.4) is 0 Å². The van der Waals surface area contributed by atoms with E-state index in [1.165, 1.54) is 5.56 Å². The Morgan fingerprint density at radius 1 is 1.67 bits per heavy atom. The van der Waals surface area contributed by atoms with Crippen molar-refractivity contribution in [3.05, 3.63) is 23.0 Å². The molecule has 98 valence electrons. The maximum absolute atomic E-state index is 9.02. The predicted molar refractivity (Wildman–Crippen MR) is 70.1 cm³/mol. The van der Waals surface area contributed by atoms with Crippen LogP contribution in [-0.4, -0.2) is 22.8 Å². The minimum absolute atomic E-state index is 0.0368. The van der Waals surface area contributed by atoms with Gasteiger partial charge >= 0.3 is 0 Å². The molecule has 1 aliphatic heterocycles. The number of aromatic nitrogens is 1. The number of rotatable bonds is 3. The standard InChI is InChI=1S/C14H21N3O/c1-10-12(7-13(8-15)17(10)4)9-16-14(3)5-6-18-11(14)2/h7,11,16H,5-6,9H2,1-4H3. The van der Waals surface area contributed by atoms with Gasteiger partial charge in [-0.1, -0.05) is 0 Å². The number of nitrogens with one attached hydrogen (secondary N) is 1. The molecule has 4 heteroatoms. The van der Waals surface area contributed by atoms with Crippen LogP contribution in [0.5, 0.6) is 0 Å². The smallest absolute Gasteiger partial charge is 0.120 e. The summed E-state index contributed by atoms with van der Waals surface area (Å²) < 4.78 is 7.56. The van der Waals surface area contributed by atoms with E-state index in [4.69, 9.17) is 10.00 Å². The lowest BCUT2D eigenvalue weighted by atomic mass is 9.94. The van der Waals surface area contributed by atoms with E-state index in [1.807, 2.05) is 17.7 Å². The third-order valence-corrected chi connectivity index (χ3v) is 4.32. The quantitative estimate of drug-likeness (QED) is 0.887. The lowest BCUT2D eigenvalue weighted by molar-refractivity contribution is 0.0881. The van der Waals surface area contributed by atoms with Gasteiger partial charge in [0, 0.05) is 31.4 Å². The van der Waals surface area contributed by atoms with Gasteiger partial charge in [-0.25, -0.2) is 0 Å². The first-order valence-corrected chi connectivity index (χ1v) is 6.40. The molecule has 4 nitrogen and oxygen atoms in total. The van der Waals surface area contributed by atoms with Crippen LogP contribution in [0.2, 0.25) is 0 Å². The van der Waals surface area contributed by atoms with E-state index in [1.54, 1.807) is 0 Å². The summed E-state index contributed by atoms with van der Waals surface area (Å²) in [5, 5.41) is 12.6. The summed E-state index contributed by atoms with van der Waals surface area (Å²) in [7, 11) is 1.93. The molecule has 1 N–H and O–H groups in total. The van der Waals surface area contributed by atoms with Crippen molar-refractivity contribution in [2.75, 3.05) is 6.61 Å². The maximum atomic E-state index is 9.02. The highest BCUT2D eigenvalue weighted by atomic mass is 16.5. The Morgan fingerprint density at radius 3 is 2.89 bits per heavy atom. The van der Waals surface area contributed by atoms with Gasteiger partial charge in [0.25, 0.3) is 0 Å². The van der Waals surface area contributed by atoms with E-state index >= 15 is 0 Å². The van der Waals surface area contributed by atoms with Gasteiger partial charge in [0.15, 0.2) is 0 Å². The summed E-state index contributed by atoms with van der Waals surface area (Å²) in [5.41, 5.74) is 3.09. The maximum Gasteiger partial charge on any atom is 0.120 e. The van der Waals surface area contributed by atoms with Gasteiger partial charge in [0.05, 0.1) is 6.10 Å². The summed E-state index contributed by atoms with van der Waals surface area (Å²) in [6.07, 6.45) is 1.27. The molecule has 0 aliphatic carbocycles. The molecule has 1 saturated heterocycles. The van der Waals surface area contributed by atoms with Crippen molar-refractivity contribution in [3.63, 3.8) is 0 Å². The number of hydrogen-bond donors (Lipinski definition) is 1. The second kappa shape index (κ2) is 4.75. The minimum atomic E-state index is 0.0368. The molecule has 0 amide bonds. The van der Waals surface area contributed by atoms with E-state index in [0.717, 1.165) is 25.3 Å². The van der Waals surface area contributed by atoms with Crippen molar-refractivity contribution in [1.29, 1.82) is 5.26 Å². The molecule has 2 unspecified atom stereocenters. The molecular formula is C14H21N3O. The first-order chi connectivity index (χ1) is 8.48. The summed E-state index contributed by atoms with van der Waals surface area (Å²) in [6, 6.07) is 4.18. The second-order valence-corrected chi connectivity index (χ2v) is 5.35. The van der Waals surface area contributed by atoms with Gasteiger partial charge in [-0.15, -0.1) is 0 Å². The highest BCUT2D eigenvalue weighted by Crippen LogP contribution is 2.26. The lowest BCUT2D eigenvalue weighted by Gasteiger charge is -2.29. The van der Waals surface area contributed by atoms with Gasteiger partial charge < -0.3 is 14.6 Å². The summed E-state index contributed by atoms with van der Waals surface area (Å²) in [5.74, 6) is 0. The monoisotopic (exact) mass is 247 g/mol. The Bertz CT molecular complexity index is 486. The van der Waals surface area contributed by atoms with Crippen molar-refractivity contribution in [2.24, 2.45) is 7.05 Å². The fraction of sp³-hybridized carbons (Fsp3) is 0.643. The first kappa shape index (κ1) is 13.1. The Hall–Kier alpha value is -1.31. The highest BCUT2D eigenvalue weighted by Gasteiger charge is 2.36. The average molecular weight is 247 g/mol. The molecule has 0 bridgehead atoms. The molecule has 1 aliphatic rings. The van der Waals surface area contributed by atoms with E-state index < -0.39 is 0 Å². The molecule has 2 atom stereocenters. The molecule has 18 heavy (non-hydrogen) atoms. The topological polar surface area (TPSA) is 50.0 Å². The SMILES string of the molecule is Cc1c(CNC2(C)CCOC2C)cc(C#N)n1C. The van der Waals surface area contributed by atoms with Gasteiger partial charge in [-0.05, 0) is 38.8 Å². The molecule has 1 aromatic heterocycles. The average Bonchev–Trinajstić information content (AvgIpc) is 2.81. The molecule has 0 spiro atoms. The zero-order valence-electron chi connectivity index (χ0n) is 11.6. The Morgan fingerprint density at radius 2 is 2.39 bits per heavy atom. The van der Waals surface area contributed by atoms with E-state index in [9.17, 15) is 0 Å². The van der Waals surface area contributed by atoms with Crippen molar-refractivity contribution in [2.45, 2.75) is 45.4 Å². The van der Waals surface area contributed by atoms with Gasteiger partial charge in [0.2, 0.25) is 0 Å². The lowest BCUT2D eigenvalue weighted by Crippen LogP contribution is -2.47. The van der Waals surface area contributed by atoms with E-state index in [2.05, 4.69) is 32.2 Å². The third kappa shape index (κ3) is 2.16. The first-order valence-electron chi connectivity index (χ1n) is 6.40. The van der Waals surface area contributed by atoms with Crippen LogP contribution in [0.1, 0.15) is 37.2 Å². The van der Waals surface area contributed by atoms with Crippen molar-refractivity contribution in [1.82, 2.24) is 9.88 Å². The van der Waals surface area contributed by atoms with Gasteiger partial charge in [-0.3, -0.25) is 0 Å². The number of ether oxygens (including phenoxy) is 1. The van der Waals surface area contributed by atoms with Crippen molar-refractivity contribution >= 4 is 0 Å². The third-order valence-electron chi connectivity index (χ3n) is 4.32. The van der Waals surface area contributed by atoms with E-state index in [-0.39, 0.29) is 11.6 Å². The molecule has 0 saturated carbocycles. The fourth-order valence-electron chi connectivity index (χ4n) is 2.41. The number of nitrogens with zero attached hydrogens (tertiary/aromatic N) is 2. The highest BCUT2D eigenvalue weighted by molar-refractivity contribution is 5.34. The van der Waals surface area contributed by atoms with Crippen LogP contribution in [0, 0.1) is 18.3 Å². The normalized spacial score (nSPS) is 27.4. The van der Waals surface area contributed by atoms with Crippen molar-refractivity contribution < 1.29 is 4.74 Å². The van der Waals surface area contributed by atoms with Crippen LogP contribution >= 0.6 is 0 Å². The zero-order chi connectivity index (χ0) is 13.3. The Balaban J connectivity index is 2.09. The van der Waals surface area contributed by atoms with E-state index in [0.29, 0.717) is 5.69 Å². The molecule has 2 heterocycles. The molecule has 2 rings (SSSR count). The van der Waals surface area contributed by atoms with Crippen LogP contribution in [0.4, 0.5) is 0 Å². The largest absolute Gasteiger partial charge is 0.377 e. The minimum Gasteiger partial charge on any atom is -0.377 e. The molecule has 1 fully saturated rings. The Labute approximate surface area is 109 Å². The molecule has 0 radical (unpaired) electrons. The van der Waals surface area contributed by atoms with Crippen LogP contribution < -0.4 is 5.32 Å². The zero-order valence-corrected chi connectivity index (χ0v) is 11.6. The summed E-state index contributed by atoms with van der Waals surface area (Å²) in [6.45, 7) is 7.97. The predicted octanol–water partition coefficient (Wildman–Crippen LogP) is 1.86. The fourth-order valence-corrected chi connectivity index (χ4v) is 2.41. The molecular weight excluding hydrogens is 226 g/mol.